The average molecular weight is 334 g/mol. The number of carbonyl (C=O) groups excluding carboxylic acids is 1. The van der Waals surface area contributed by atoms with E-state index in [9.17, 15) is 9.18 Å². The molecule has 0 spiro atoms. The van der Waals surface area contributed by atoms with Gasteiger partial charge in [0.2, 0.25) is 0 Å². The minimum Gasteiger partial charge on any atom is -0.494 e. The number of carbonyl (C=O) groups is 1. The zero-order valence-electron chi connectivity index (χ0n) is 12.7. The Morgan fingerprint density at radius 1 is 1.26 bits per heavy atom. The van der Waals surface area contributed by atoms with E-state index in [-0.39, 0.29) is 23.3 Å². The van der Waals surface area contributed by atoms with Gasteiger partial charge in [0.1, 0.15) is 0 Å². The third-order valence-electron chi connectivity index (χ3n) is 4.02. The Bertz CT molecular complexity index is 713. The zero-order valence-corrected chi connectivity index (χ0v) is 13.4. The number of amides is 1. The molecule has 0 radical (unpaired) electrons. The van der Waals surface area contributed by atoms with Crippen molar-refractivity contribution in [2.45, 2.75) is 18.9 Å². The maximum absolute atomic E-state index is 13.8. The third-order valence-corrected chi connectivity index (χ3v) is 4.28. The standard InChI is InChI=1S/C18H17ClFNO2/c1-23-16-9-6-13(10-15(16)20)18(22)21-17(11-2-3-11)12-4-7-14(19)8-5-12/h4-11,17H,2-3H2,1H3,(H,21,22)/t17-/m1/s1. The highest BCUT2D eigenvalue weighted by Crippen LogP contribution is 2.41. The Labute approximate surface area is 139 Å². The Hall–Kier alpha value is -2.07. The molecule has 0 aromatic heterocycles. The van der Waals surface area contributed by atoms with E-state index in [0.717, 1.165) is 18.4 Å². The van der Waals surface area contributed by atoms with Crippen LogP contribution in [0.4, 0.5) is 4.39 Å². The second-order valence-corrected chi connectivity index (χ2v) is 6.13. The molecule has 0 saturated heterocycles. The van der Waals surface area contributed by atoms with Crippen LogP contribution in [0.3, 0.4) is 0 Å². The van der Waals surface area contributed by atoms with Gasteiger partial charge in [-0.1, -0.05) is 23.7 Å². The highest BCUT2D eigenvalue weighted by molar-refractivity contribution is 6.30. The van der Waals surface area contributed by atoms with Crippen LogP contribution in [0.1, 0.15) is 34.8 Å². The van der Waals surface area contributed by atoms with Crippen molar-refractivity contribution in [1.29, 1.82) is 0 Å². The lowest BCUT2D eigenvalue weighted by Gasteiger charge is -2.19. The van der Waals surface area contributed by atoms with Crippen molar-refractivity contribution in [2.24, 2.45) is 5.92 Å². The largest absolute Gasteiger partial charge is 0.494 e. The van der Waals surface area contributed by atoms with Gasteiger partial charge in [0.05, 0.1) is 13.2 Å². The molecular formula is C18H17ClFNO2. The van der Waals surface area contributed by atoms with Crippen molar-refractivity contribution in [2.75, 3.05) is 7.11 Å². The number of halogens is 2. The van der Waals surface area contributed by atoms with Crippen molar-refractivity contribution in [3.8, 4) is 5.75 Å². The van der Waals surface area contributed by atoms with Gasteiger partial charge in [-0.3, -0.25) is 4.79 Å². The molecular weight excluding hydrogens is 317 g/mol. The Kier molecular flexibility index (Phi) is 4.53. The van der Waals surface area contributed by atoms with Crippen molar-refractivity contribution in [1.82, 2.24) is 5.32 Å². The summed E-state index contributed by atoms with van der Waals surface area (Å²) >= 11 is 5.92. The molecule has 0 bridgehead atoms. The summed E-state index contributed by atoms with van der Waals surface area (Å²) in [5.41, 5.74) is 1.29. The molecule has 1 aliphatic rings. The summed E-state index contributed by atoms with van der Waals surface area (Å²) < 4.78 is 18.6. The van der Waals surface area contributed by atoms with Crippen molar-refractivity contribution in [3.05, 3.63) is 64.4 Å². The molecule has 1 saturated carbocycles. The molecule has 1 atom stereocenters. The van der Waals surface area contributed by atoms with E-state index in [1.807, 2.05) is 24.3 Å². The van der Waals surface area contributed by atoms with Gasteiger partial charge in [-0.25, -0.2) is 4.39 Å². The van der Waals surface area contributed by atoms with Crippen LogP contribution in [0.5, 0.6) is 5.75 Å². The van der Waals surface area contributed by atoms with E-state index in [1.165, 1.54) is 19.2 Å². The van der Waals surface area contributed by atoms with E-state index in [0.29, 0.717) is 10.9 Å². The Morgan fingerprint density at radius 2 is 1.96 bits per heavy atom. The van der Waals surface area contributed by atoms with E-state index in [2.05, 4.69) is 5.32 Å². The maximum atomic E-state index is 13.8. The molecule has 1 fully saturated rings. The summed E-state index contributed by atoms with van der Waals surface area (Å²) in [5, 5.41) is 3.67. The first-order valence-electron chi connectivity index (χ1n) is 7.48. The fourth-order valence-corrected chi connectivity index (χ4v) is 2.73. The number of hydrogen-bond donors (Lipinski definition) is 1. The highest BCUT2D eigenvalue weighted by atomic mass is 35.5. The Morgan fingerprint density at radius 3 is 2.52 bits per heavy atom. The van der Waals surface area contributed by atoms with Crippen LogP contribution >= 0.6 is 11.6 Å². The minimum atomic E-state index is -0.547. The first-order valence-corrected chi connectivity index (χ1v) is 7.86. The molecule has 1 N–H and O–H groups in total. The lowest BCUT2D eigenvalue weighted by atomic mass is 10.0. The number of methoxy groups -OCH3 is 1. The number of ether oxygens (including phenoxy) is 1. The number of rotatable bonds is 5. The molecule has 1 amide bonds. The molecule has 1 aliphatic carbocycles. The molecule has 120 valence electrons. The SMILES string of the molecule is COc1ccc(C(=O)N[C@@H](c2ccc(Cl)cc2)C2CC2)cc1F. The quantitative estimate of drug-likeness (QED) is 0.882. The summed E-state index contributed by atoms with van der Waals surface area (Å²) in [5.74, 6) is -0.297. The molecule has 5 heteroatoms. The number of nitrogens with one attached hydrogen (secondary N) is 1. The van der Waals surface area contributed by atoms with Crippen LogP contribution in [0.25, 0.3) is 0 Å². The summed E-state index contributed by atoms with van der Waals surface area (Å²) in [6.45, 7) is 0. The van der Waals surface area contributed by atoms with Crippen molar-refractivity contribution in [3.63, 3.8) is 0 Å². The fraction of sp³-hybridized carbons (Fsp3) is 0.278. The zero-order chi connectivity index (χ0) is 16.4. The van der Waals surface area contributed by atoms with E-state index in [1.54, 1.807) is 6.07 Å². The van der Waals surface area contributed by atoms with Gasteiger partial charge < -0.3 is 10.1 Å². The molecule has 0 heterocycles. The van der Waals surface area contributed by atoms with E-state index < -0.39 is 5.82 Å². The molecule has 2 aromatic carbocycles. The van der Waals surface area contributed by atoms with Crippen LogP contribution in [0.2, 0.25) is 5.02 Å². The fourth-order valence-electron chi connectivity index (χ4n) is 2.61. The summed E-state index contributed by atoms with van der Waals surface area (Å²) in [6, 6.07) is 11.6. The van der Waals surface area contributed by atoms with E-state index >= 15 is 0 Å². The van der Waals surface area contributed by atoms with Crippen LogP contribution in [-0.2, 0) is 0 Å². The van der Waals surface area contributed by atoms with Crippen LogP contribution < -0.4 is 10.1 Å². The smallest absolute Gasteiger partial charge is 0.251 e. The van der Waals surface area contributed by atoms with Gasteiger partial charge in [-0.05, 0) is 54.7 Å². The van der Waals surface area contributed by atoms with Gasteiger partial charge in [-0.15, -0.1) is 0 Å². The lowest BCUT2D eigenvalue weighted by molar-refractivity contribution is 0.0931. The van der Waals surface area contributed by atoms with Gasteiger partial charge in [-0.2, -0.15) is 0 Å². The van der Waals surface area contributed by atoms with Crippen molar-refractivity contribution >= 4 is 17.5 Å². The van der Waals surface area contributed by atoms with Gasteiger partial charge >= 0.3 is 0 Å². The average Bonchev–Trinajstić information content (AvgIpc) is 3.38. The minimum absolute atomic E-state index is 0.0788. The van der Waals surface area contributed by atoms with E-state index in [4.69, 9.17) is 16.3 Å². The van der Waals surface area contributed by atoms with Crippen LogP contribution in [0, 0.1) is 11.7 Å². The van der Waals surface area contributed by atoms with Gasteiger partial charge in [0.15, 0.2) is 11.6 Å². The van der Waals surface area contributed by atoms with Crippen LogP contribution in [0.15, 0.2) is 42.5 Å². The second kappa shape index (κ2) is 6.59. The molecule has 23 heavy (non-hydrogen) atoms. The Balaban J connectivity index is 1.79. The molecule has 0 unspecified atom stereocenters. The maximum Gasteiger partial charge on any atom is 0.251 e. The number of hydrogen-bond acceptors (Lipinski definition) is 2. The number of benzene rings is 2. The molecule has 3 rings (SSSR count). The first-order chi connectivity index (χ1) is 11.1. The summed E-state index contributed by atoms with van der Waals surface area (Å²) in [6.07, 6.45) is 2.15. The van der Waals surface area contributed by atoms with Crippen LogP contribution in [-0.4, -0.2) is 13.0 Å². The first kappa shape index (κ1) is 15.8. The predicted octanol–water partition coefficient (Wildman–Crippen LogP) is 4.37. The second-order valence-electron chi connectivity index (χ2n) is 5.69. The molecule has 0 aliphatic heterocycles. The van der Waals surface area contributed by atoms with Crippen molar-refractivity contribution < 1.29 is 13.9 Å². The summed E-state index contributed by atoms with van der Waals surface area (Å²) in [4.78, 5) is 12.4. The normalized spacial score (nSPS) is 15.1. The topological polar surface area (TPSA) is 38.3 Å². The molecule has 2 aromatic rings. The highest BCUT2D eigenvalue weighted by Gasteiger charge is 2.33. The summed E-state index contributed by atoms with van der Waals surface area (Å²) in [7, 11) is 1.39. The molecule has 3 nitrogen and oxygen atoms in total. The van der Waals surface area contributed by atoms with Gasteiger partial charge in [0, 0.05) is 10.6 Å². The third kappa shape index (κ3) is 3.64. The van der Waals surface area contributed by atoms with Gasteiger partial charge in [0.25, 0.3) is 5.91 Å². The monoisotopic (exact) mass is 333 g/mol. The lowest BCUT2D eigenvalue weighted by Crippen LogP contribution is -2.30. The predicted molar refractivity (Wildman–Crippen MR) is 87.3 cm³/mol.